The number of carbonyl (C=O) groups is 1. The molecule has 1 aliphatic heterocycles. The fraction of sp³-hybridized carbons (Fsp3) is 0.333. The number of anilines is 1. The molecule has 0 unspecified atom stereocenters. The molecule has 0 radical (unpaired) electrons. The monoisotopic (exact) mass is 456 g/mol. The van der Waals surface area contributed by atoms with Crippen LogP contribution in [0.3, 0.4) is 0 Å². The highest BCUT2D eigenvalue weighted by atomic mass is 19.1. The third-order valence-corrected chi connectivity index (χ3v) is 7.10. The lowest BCUT2D eigenvalue weighted by atomic mass is 9.67. The van der Waals surface area contributed by atoms with Gasteiger partial charge in [-0.1, -0.05) is 12.1 Å². The zero-order chi connectivity index (χ0) is 23.6. The molecule has 1 aromatic carbocycles. The maximum absolute atomic E-state index is 13.2. The normalized spacial score (nSPS) is 24.0. The van der Waals surface area contributed by atoms with Crippen LogP contribution >= 0.6 is 0 Å². The van der Waals surface area contributed by atoms with Crippen LogP contribution < -0.4 is 5.32 Å². The Morgan fingerprint density at radius 3 is 2.44 bits per heavy atom. The number of hydrogen-bond donors (Lipinski definition) is 1. The van der Waals surface area contributed by atoms with Gasteiger partial charge in [0.2, 0.25) is 0 Å². The Hall–Kier alpha value is -3.63. The van der Waals surface area contributed by atoms with Crippen molar-refractivity contribution < 1.29 is 13.9 Å². The minimum atomic E-state index is -0.618. The van der Waals surface area contributed by atoms with E-state index in [1.165, 1.54) is 18.3 Å². The summed E-state index contributed by atoms with van der Waals surface area (Å²) in [7, 11) is 0. The Bertz CT molecular complexity index is 1220. The first-order valence-corrected chi connectivity index (χ1v) is 11.6. The first-order chi connectivity index (χ1) is 16.5. The number of pyridine rings is 2. The van der Waals surface area contributed by atoms with Gasteiger partial charge in [0.05, 0.1) is 40.2 Å². The highest BCUT2D eigenvalue weighted by Crippen LogP contribution is 2.47. The number of halogens is 1. The number of nitriles is 1. The van der Waals surface area contributed by atoms with Gasteiger partial charge in [0.1, 0.15) is 5.82 Å². The quantitative estimate of drug-likeness (QED) is 0.566. The minimum Gasteiger partial charge on any atom is -0.375 e. The van der Waals surface area contributed by atoms with Crippen molar-refractivity contribution in [3.63, 3.8) is 0 Å². The van der Waals surface area contributed by atoms with Gasteiger partial charge >= 0.3 is 0 Å². The van der Waals surface area contributed by atoms with E-state index in [1.54, 1.807) is 36.7 Å². The van der Waals surface area contributed by atoms with Gasteiger partial charge in [-0.3, -0.25) is 14.8 Å². The summed E-state index contributed by atoms with van der Waals surface area (Å²) in [5.41, 5.74) is 2.49. The van der Waals surface area contributed by atoms with Gasteiger partial charge in [-0.2, -0.15) is 5.26 Å². The molecule has 2 aromatic heterocycles. The zero-order valence-electron chi connectivity index (χ0n) is 18.8. The van der Waals surface area contributed by atoms with E-state index in [1.807, 2.05) is 6.07 Å². The largest absolute Gasteiger partial charge is 0.375 e. The lowest BCUT2D eigenvalue weighted by molar-refractivity contribution is -0.0347. The van der Waals surface area contributed by atoms with Crippen molar-refractivity contribution in [1.29, 1.82) is 5.26 Å². The second-order valence-corrected chi connectivity index (χ2v) is 9.18. The number of hydrogen-bond acceptors (Lipinski definition) is 5. The van der Waals surface area contributed by atoms with Crippen LogP contribution in [0.5, 0.6) is 0 Å². The zero-order valence-corrected chi connectivity index (χ0v) is 18.8. The molecule has 2 aliphatic rings. The number of amides is 1. The molecule has 1 spiro atoms. The summed E-state index contributed by atoms with van der Waals surface area (Å²) in [6.07, 6.45) is 10.1. The summed E-state index contributed by atoms with van der Waals surface area (Å²) in [4.78, 5) is 21.5. The van der Waals surface area contributed by atoms with Crippen LogP contribution in [-0.2, 0) is 10.2 Å². The molecule has 3 heterocycles. The number of nitrogens with zero attached hydrogens (tertiary/aromatic N) is 3. The molecule has 34 heavy (non-hydrogen) atoms. The predicted molar refractivity (Wildman–Crippen MR) is 125 cm³/mol. The Morgan fingerprint density at radius 2 is 1.79 bits per heavy atom. The van der Waals surface area contributed by atoms with Crippen LogP contribution in [0.2, 0.25) is 0 Å². The highest BCUT2D eigenvalue weighted by Gasteiger charge is 2.46. The number of rotatable bonds is 4. The average molecular weight is 457 g/mol. The SMILES string of the molecule is N#CC1(c2ccc(NC(=O)c3cncc(-c4ccc(F)cc4)c3)cn2)CCC2(CCCO2)CC1. The number of nitrogens with one attached hydrogen (secondary N) is 1. The number of ether oxygens (including phenoxy) is 1. The van der Waals surface area contributed by atoms with Crippen molar-refractivity contribution in [2.75, 3.05) is 11.9 Å². The molecule has 1 saturated heterocycles. The molecular formula is C27H25FN4O2. The lowest BCUT2D eigenvalue weighted by Crippen LogP contribution is -2.40. The Morgan fingerprint density at radius 1 is 1.00 bits per heavy atom. The van der Waals surface area contributed by atoms with E-state index in [-0.39, 0.29) is 17.3 Å². The first kappa shape index (κ1) is 22.2. The molecule has 0 bridgehead atoms. The topological polar surface area (TPSA) is 87.9 Å². The lowest BCUT2D eigenvalue weighted by Gasteiger charge is -2.40. The van der Waals surface area contributed by atoms with Crippen LogP contribution in [-0.4, -0.2) is 28.1 Å². The summed E-state index contributed by atoms with van der Waals surface area (Å²) in [5, 5.41) is 12.8. The second-order valence-electron chi connectivity index (χ2n) is 9.18. The maximum Gasteiger partial charge on any atom is 0.257 e. The van der Waals surface area contributed by atoms with Crippen LogP contribution in [0.1, 0.15) is 54.6 Å². The van der Waals surface area contributed by atoms with Crippen molar-refractivity contribution in [3.8, 4) is 17.2 Å². The molecule has 7 heteroatoms. The number of aromatic nitrogens is 2. The third kappa shape index (κ3) is 4.29. The van der Waals surface area contributed by atoms with Crippen molar-refractivity contribution in [3.05, 3.63) is 78.1 Å². The van der Waals surface area contributed by atoms with Gasteiger partial charge in [-0.25, -0.2) is 4.39 Å². The van der Waals surface area contributed by atoms with Gasteiger partial charge in [0, 0.05) is 24.6 Å². The summed E-state index contributed by atoms with van der Waals surface area (Å²) in [6.45, 7) is 0.814. The molecule has 2 fully saturated rings. The van der Waals surface area contributed by atoms with Crippen LogP contribution in [0, 0.1) is 17.1 Å². The summed E-state index contributed by atoms with van der Waals surface area (Å²) < 4.78 is 19.2. The standard InChI is InChI=1S/C27H25FN4O2/c28-22-4-2-19(3-5-22)20-14-21(16-30-15-20)25(33)32-23-6-7-24(31-17-23)26(18-29)9-11-27(12-10-26)8-1-13-34-27/h2-7,14-17H,1,8-13H2,(H,32,33). The van der Waals surface area contributed by atoms with E-state index in [9.17, 15) is 14.4 Å². The summed E-state index contributed by atoms with van der Waals surface area (Å²) in [6, 6.07) is 13.9. The van der Waals surface area contributed by atoms with Gasteiger partial charge in [0.15, 0.2) is 0 Å². The Labute approximate surface area is 197 Å². The molecule has 1 aliphatic carbocycles. The molecule has 3 aromatic rings. The smallest absolute Gasteiger partial charge is 0.257 e. The molecule has 1 saturated carbocycles. The minimum absolute atomic E-state index is 0.0508. The van der Waals surface area contributed by atoms with Crippen LogP contribution in [0.4, 0.5) is 10.1 Å². The highest BCUT2D eigenvalue weighted by molar-refractivity contribution is 6.04. The van der Waals surface area contributed by atoms with Gasteiger partial charge in [0.25, 0.3) is 5.91 Å². The van der Waals surface area contributed by atoms with E-state index in [0.717, 1.165) is 62.0 Å². The van der Waals surface area contributed by atoms with Crippen molar-refractivity contribution >= 4 is 11.6 Å². The van der Waals surface area contributed by atoms with E-state index < -0.39 is 5.41 Å². The van der Waals surface area contributed by atoms with Crippen molar-refractivity contribution in [2.24, 2.45) is 0 Å². The van der Waals surface area contributed by atoms with Crippen LogP contribution in [0.15, 0.2) is 61.1 Å². The van der Waals surface area contributed by atoms with E-state index in [0.29, 0.717) is 11.3 Å². The van der Waals surface area contributed by atoms with E-state index >= 15 is 0 Å². The molecular weight excluding hydrogens is 431 g/mol. The first-order valence-electron chi connectivity index (χ1n) is 11.6. The van der Waals surface area contributed by atoms with Gasteiger partial charge < -0.3 is 10.1 Å². The van der Waals surface area contributed by atoms with Crippen molar-refractivity contribution in [1.82, 2.24) is 9.97 Å². The van der Waals surface area contributed by atoms with Crippen molar-refractivity contribution in [2.45, 2.75) is 49.5 Å². The summed E-state index contributed by atoms with van der Waals surface area (Å²) >= 11 is 0. The third-order valence-electron chi connectivity index (χ3n) is 7.10. The molecule has 1 N–H and O–H groups in total. The predicted octanol–water partition coefficient (Wildman–Crippen LogP) is 5.42. The molecule has 6 nitrogen and oxygen atoms in total. The van der Waals surface area contributed by atoms with E-state index in [4.69, 9.17) is 4.74 Å². The fourth-order valence-corrected chi connectivity index (χ4v) is 5.03. The molecule has 1 amide bonds. The molecule has 0 atom stereocenters. The van der Waals surface area contributed by atoms with E-state index in [2.05, 4.69) is 21.4 Å². The number of benzene rings is 1. The Kier molecular flexibility index (Phi) is 5.84. The summed E-state index contributed by atoms with van der Waals surface area (Å²) in [5.74, 6) is -0.640. The molecule has 172 valence electrons. The fourth-order valence-electron chi connectivity index (χ4n) is 5.03. The number of carbonyl (C=O) groups excluding carboxylic acids is 1. The van der Waals surface area contributed by atoms with Gasteiger partial charge in [-0.05, 0) is 74.4 Å². The van der Waals surface area contributed by atoms with Crippen LogP contribution in [0.25, 0.3) is 11.1 Å². The van der Waals surface area contributed by atoms with Gasteiger partial charge in [-0.15, -0.1) is 0 Å². The maximum atomic E-state index is 13.2. The second kappa shape index (κ2) is 8.96. The average Bonchev–Trinajstić information content (AvgIpc) is 3.34. The Balaban J connectivity index is 1.28. The molecule has 5 rings (SSSR count).